The van der Waals surface area contributed by atoms with Gasteiger partial charge in [-0.2, -0.15) is 0 Å². The van der Waals surface area contributed by atoms with Crippen molar-refractivity contribution in [1.82, 2.24) is 10.2 Å². The van der Waals surface area contributed by atoms with Crippen LogP contribution in [0.2, 0.25) is 0 Å². The van der Waals surface area contributed by atoms with Crippen LogP contribution in [-0.2, 0) is 0 Å². The van der Waals surface area contributed by atoms with Crippen molar-refractivity contribution < 1.29 is 0 Å². The number of hydrogen-bond donors (Lipinski definition) is 1. The first-order valence-corrected chi connectivity index (χ1v) is 8.74. The van der Waals surface area contributed by atoms with Crippen LogP contribution in [-0.4, -0.2) is 37.1 Å². The van der Waals surface area contributed by atoms with Crippen molar-refractivity contribution in [2.75, 3.05) is 26.2 Å². The molecule has 0 saturated heterocycles. The van der Waals surface area contributed by atoms with E-state index in [1.54, 1.807) is 0 Å². The summed E-state index contributed by atoms with van der Waals surface area (Å²) in [6.45, 7) is 9.57. The van der Waals surface area contributed by atoms with E-state index < -0.39 is 0 Å². The largest absolute Gasteiger partial charge is 0.316 e. The van der Waals surface area contributed by atoms with Crippen LogP contribution in [0.1, 0.15) is 71.6 Å². The zero-order chi connectivity index (χ0) is 13.6. The maximum Gasteiger partial charge on any atom is 0.00953 e. The number of nitrogens with zero attached hydrogens (tertiary/aromatic N) is 1. The van der Waals surface area contributed by atoms with E-state index in [0.29, 0.717) is 5.41 Å². The normalized spacial score (nSPS) is 24.2. The minimum atomic E-state index is 0.587. The Labute approximate surface area is 120 Å². The lowest BCUT2D eigenvalue weighted by Crippen LogP contribution is -2.47. The third-order valence-corrected chi connectivity index (χ3v) is 5.45. The van der Waals surface area contributed by atoms with E-state index >= 15 is 0 Å². The molecule has 2 fully saturated rings. The molecule has 2 saturated carbocycles. The summed E-state index contributed by atoms with van der Waals surface area (Å²) in [5, 5.41) is 3.64. The van der Waals surface area contributed by atoms with E-state index in [1.165, 1.54) is 77.4 Å². The van der Waals surface area contributed by atoms with Crippen LogP contribution in [0, 0.1) is 5.41 Å². The Morgan fingerprint density at radius 3 is 2.26 bits per heavy atom. The smallest absolute Gasteiger partial charge is 0.00953 e. The molecule has 0 amide bonds. The van der Waals surface area contributed by atoms with Crippen molar-refractivity contribution >= 4 is 0 Å². The molecule has 0 aromatic carbocycles. The number of rotatable bonds is 7. The maximum atomic E-state index is 3.64. The molecule has 19 heavy (non-hydrogen) atoms. The predicted molar refractivity (Wildman–Crippen MR) is 83.6 cm³/mol. The minimum absolute atomic E-state index is 0.587. The lowest BCUT2D eigenvalue weighted by atomic mass is 9.83. The molecule has 1 N–H and O–H groups in total. The summed E-state index contributed by atoms with van der Waals surface area (Å²) in [6, 6.07) is 0.887. The highest BCUT2D eigenvalue weighted by Crippen LogP contribution is 2.39. The first kappa shape index (κ1) is 15.3. The van der Waals surface area contributed by atoms with E-state index in [1.807, 2.05) is 0 Å². The van der Waals surface area contributed by atoms with Crippen LogP contribution in [0.15, 0.2) is 0 Å². The third kappa shape index (κ3) is 4.19. The van der Waals surface area contributed by atoms with Gasteiger partial charge in [-0.05, 0) is 44.2 Å². The second-order valence-electron chi connectivity index (χ2n) is 6.84. The van der Waals surface area contributed by atoms with Gasteiger partial charge in [0, 0.05) is 19.1 Å². The van der Waals surface area contributed by atoms with Gasteiger partial charge < -0.3 is 10.2 Å². The predicted octanol–water partition coefficient (Wildman–Crippen LogP) is 3.81. The van der Waals surface area contributed by atoms with Crippen molar-refractivity contribution in [3.05, 3.63) is 0 Å². The summed E-state index contributed by atoms with van der Waals surface area (Å²) in [6.07, 6.45) is 13.1. The second-order valence-corrected chi connectivity index (χ2v) is 6.84. The Bertz CT molecular complexity index is 240. The SMILES string of the molecule is CCNCC1(CN(CC)C2CCCCC2)CCCC1. The lowest BCUT2D eigenvalue weighted by molar-refractivity contribution is 0.0935. The van der Waals surface area contributed by atoms with Crippen LogP contribution in [0.5, 0.6) is 0 Å². The fourth-order valence-electron chi connectivity index (χ4n) is 4.28. The third-order valence-electron chi connectivity index (χ3n) is 5.45. The van der Waals surface area contributed by atoms with Crippen LogP contribution in [0.25, 0.3) is 0 Å². The fourth-order valence-corrected chi connectivity index (χ4v) is 4.28. The molecule has 0 unspecified atom stereocenters. The summed E-state index contributed by atoms with van der Waals surface area (Å²) in [5.74, 6) is 0. The van der Waals surface area contributed by atoms with Crippen LogP contribution >= 0.6 is 0 Å². The molecule has 0 bridgehead atoms. The van der Waals surface area contributed by atoms with Gasteiger partial charge in [-0.3, -0.25) is 0 Å². The van der Waals surface area contributed by atoms with Gasteiger partial charge in [0.25, 0.3) is 0 Å². The van der Waals surface area contributed by atoms with Crippen molar-refractivity contribution in [1.29, 1.82) is 0 Å². The number of nitrogens with one attached hydrogen (secondary N) is 1. The highest BCUT2D eigenvalue weighted by Gasteiger charge is 2.36. The zero-order valence-electron chi connectivity index (χ0n) is 13.2. The Balaban J connectivity index is 1.93. The van der Waals surface area contributed by atoms with Crippen molar-refractivity contribution in [3.8, 4) is 0 Å². The molecule has 0 atom stereocenters. The van der Waals surface area contributed by atoms with Gasteiger partial charge in [-0.25, -0.2) is 0 Å². The Kier molecular flexibility index (Phi) is 6.15. The monoisotopic (exact) mass is 266 g/mol. The second kappa shape index (κ2) is 7.64. The Hall–Kier alpha value is -0.0800. The van der Waals surface area contributed by atoms with E-state index in [-0.39, 0.29) is 0 Å². The highest BCUT2D eigenvalue weighted by atomic mass is 15.2. The number of hydrogen-bond acceptors (Lipinski definition) is 2. The summed E-state index contributed by atoms with van der Waals surface area (Å²) in [5.41, 5.74) is 0.587. The summed E-state index contributed by atoms with van der Waals surface area (Å²) in [4.78, 5) is 2.82. The van der Waals surface area contributed by atoms with Gasteiger partial charge in [-0.15, -0.1) is 0 Å². The van der Waals surface area contributed by atoms with Crippen molar-refractivity contribution in [2.24, 2.45) is 5.41 Å². The van der Waals surface area contributed by atoms with Crippen molar-refractivity contribution in [3.63, 3.8) is 0 Å². The molecule has 2 heteroatoms. The molecule has 0 aliphatic heterocycles. The summed E-state index contributed by atoms with van der Waals surface area (Å²) in [7, 11) is 0. The van der Waals surface area contributed by atoms with Gasteiger partial charge in [0.15, 0.2) is 0 Å². The molecule has 112 valence electrons. The van der Waals surface area contributed by atoms with Gasteiger partial charge in [0.05, 0.1) is 0 Å². The molecular weight excluding hydrogens is 232 g/mol. The minimum Gasteiger partial charge on any atom is -0.316 e. The van der Waals surface area contributed by atoms with Crippen LogP contribution in [0.3, 0.4) is 0 Å². The quantitative estimate of drug-likeness (QED) is 0.754. The topological polar surface area (TPSA) is 15.3 Å². The molecule has 2 rings (SSSR count). The molecule has 0 aromatic rings. The highest BCUT2D eigenvalue weighted by molar-refractivity contribution is 4.91. The van der Waals surface area contributed by atoms with E-state index in [4.69, 9.17) is 0 Å². The zero-order valence-corrected chi connectivity index (χ0v) is 13.2. The van der Waals surface area contributed by atoms with E-state index in [9.17, 15) is 0 Å². The fraction of sp³-hybridized carbons (Fsp3) is 1.00. The Morgan fingerprint density at radius 2 is 1.68 bits per heavy atom. The molecule has 0 radical (unpaired) electrons. The van der Waals surface area contributed by atoms with Crippen LogP contribution < -0.4 is 5.32 Å². The first-order valence-electron chi connectivity index (χ1n) is 8.74. The molecule has 2 aliphatic carbocycles. The molecule has 0 aromatic heterocycles. The van der Waals surface area contributed by atoms with Gasteiger partial charge in [0.1, 0.15) is 0 Å². The molecule has 0 heterocycles. The lowest BCUT2D eigenvalue weighted by Gasteiger charge is -2.40. The van der Waals surface area contributed by atoms with E-state index in [0.717, 1.165) is 12.6 Å². The summed E-state index contributed by atoms with van der Waals surface area (Å²) < 4.78 is 0. The van der Waals surface area contributed by atoms with E-state index in [2.05, 4.69) is 24.1 Å². The van der Waals surface area contributed by atoms with Gasteiger partial charge in [-0.1, -0.05) is 46.0 Å². The molecule has 2 aliphatic rings. The summed E-state index contributed by atoms with van der Waals surface area (Å²) >= 11 is 0. The maximum absolute atomic E-state index is 3.64. The average molecular weight is 266 g/mol. The molecule has 2 nitrogen and oxygen atoms in total. The van der Waals surface area contributed by atoms with Gasteiger partial charge in [0.2, 0.25) is 0 Å². The molecular formula is C17H34N2. The van der Waals surface area contributed by atoms with Gasteiger partial charge >= 0.3 is 0 Å². The first-order chi connectivity index (χ1) is 9.29. The van der Waals surface area contributed by atoms with Crippen LogP contribution in [0.4, 0.5) is 0 Å². The Morgan fingerprint density at radius 1 is 1.00 bits per heavy atom. The average Bonchev–Trinajstić information content (AvgIpc) is 2.93. The van der Waals surface area contributed by atoms with Crippen molar-refractivity contribution in [2.45, 2.75) is 77.7 Å². The standard InChI is InChI=1S/C17H34N2/c1-3-18-14-17(12-8-9-13-17)15-19(4-2)16-10-6-5-7-11-16/h16,18H,3-15H2,1-2H3. The molecule has 0 spiro atoms.